The van der Waals surface area contributed by atoms with Gasteiger partial charge in [0.2, 0.25) is 0 Å². The van der Waals surface area contributed by atoms with E-state index in [2.05, 4.69) is 136 Å². The first-order valence-electron chi connectivity index (χ1n) is 22.6. The Morgan fingerprint density at radius 3 is 1.81 bits per heavy atom. The minimum atomic E-state index is -5.26. The molecule has 64 heavy (non-hydrogen) atoms. The molecule has 0 atom stereocenters. The molecule has 0 amide bonds. The number of alkyl halides is 3. The fourth-order valence-electron chi connectivity index (χ4n) is 7.90. The van der Waals surface area contributed by atoms with Crippen LogP contribution in [-0.4, -0.2) is 35.8 Å². The molecule has 10 heteroatoms. The first-order valence-corrected chi connectivity index (χ1v) is 21.6. The van der Waals surface area contributed by atoms with Gasteiger partial charge in [0.25, 0.3) is 0 Å². The number of hydrogen-bond acceptors (Lipinski definition) is 5. The fraction of sp³-hybridized carbons (Fsp3) is 0.370. The van der Waals surface area contributed by atoms with Gasteiger partial charge in [-0.3, -0.25) is 4.98 Å². The summed E-state index contributed by atoms with van der Waals surface area (Å²) in [6.07, 6.45) is -7.84. The Balaban J connectivity index is 0.00000720. The number of nitrogens with zero attached hydrogens (tertiary/aromatic N) is 5. The van der Waals surface area contributed by atoms with E-state index in [1.807, 2.05) is 59.2 Å². The first kappa shape index (κ1) is 45.4. The van der Waals surface area contributed by atoms with Crippen LogP contribution < -0.4 is 0 Å². The van der Waals surface area contributed by atoms with Crippen LogP contribution >= 0.6 is 0 Å². The van der Waals surface area contributed by atoms with Crippen molar-refractivity contribution in [3.8, 4) is 56.5 Å². The summed E-state index contributed by atoms with van der Waals surface area (Å²) in [4.78, 5) is 18.4. The molecule has 0 unspecified atom stereocenters. The van der Waals surface area contributed by atoms with E-state index in [0.717, 1.165) is 44.6 Å². The van der Waals surface area contributed by atoms with Crippen LogP contribution in [-0.2, 0) is 43.7 Å². The predicted octanol–water partition coefficient (Wildman–Crippen LogP) is 14.6. The molecule has 3 heterocycles. The van der Waals surface area contributed by atoms with Crippen molar-refractivity contribution in [1.82, 2.24) is 24.5 Å². The monoisotopic (exact) mass is 1050 g/mol. The van der Waals surface area contributed by atoms with Crippen molar-refractivity contribution in [1.29, 1.82) is 0 Å². The molecule has 0 spiro atoms. The summed E-state index contributed by atoms with van der Waals surface area (Å²) in [7, 11) is 0. The molecule has 0 fully saturated rings. The number of phenols is 1. The van der Waals surface area contributed by atoms with Crippen molar-refractivity contribution in [2.24, 2.45) is 0 Å². The minimum Gasteiger partial charge on any atom is -0.507 e. The molecule has 7 aromatic rings. The zero-order valence-electron chi connectivity index (χ0n) is 40.9. The number of halogens is 3. The molecule has 0 aliphatic heterocycles. The molecular formula is C54H59F3N5OPt-. The van der Waals surface area contributed by atoms with Crippen LogP contribution in [0.1, 0.15) is 138 Å². The summed E-state index contributed by atoms with van der Waals surface area (Å²) >= 11 is 0. The van der Waals surface area contributed by atoms with Gasteiger partial charge in [-0.25, -0.2) is 15.0 Å². The molecule has 3 aromatic heterocycles. The number of benzene rings is 4. The first-order chi connectivity index (χ1) is 30.1. The van der Waals surface area contributed by atoms with Crippen LogP contribution in [0.15, 0.2) is 91.1 Å². The van der Waals surface area contributed by atoms with E-state index in [4.69, 9.17) is 12.7 Å². The van der Waals surface area contributed by atoms with Crippen molar-refractivity contribution < 1.29 is 42.1 Å². The zero-order chi connectivity index (χ0) is 47.8. The Labute approximate surface area is 393 Å². The molecule has 0 aliphatic rings. The van der Waals surface area contributed by atoms with Gasteiger partial charge >= 0.3 is 6.18 Å². The van der Waals surface area contributed by atoms with E-state index in [-0.39, 0.29) is 60.5 Å². The number of imidazole rings is 1. The molecular weight excluding hydrogens is 987 g/mol. The maximum atomic E-state index is 14.1. The van der Waals surface area contributed by atoms with Crippen molar-refractivity contribution >= 4 is 11.2 Å². The van der Waals surface area contributed by atoms with E-state index >= 15 is 0 Å². The Hall–Kier alpha value is -5.14. The van der Waals surface area contributed by atoms with Gasteiger partial charge in [-0.2, -0.15) is 13.2 Å². The van der Waals surface area contributed by atoms with Gasteiger partial charge in [0.05, 0.1) is 17.7 Å². The van der Waals surface area contributed by atoms with Crippen LogP contribution in [0.3, 0.4) is 0 Å². The third-order valence-electron chi connectivity index (χ3n) is 11.5. The predicted molar refractivity (Wildman–Crippen MR) is 251 cm³/mol. The second-order valence-corrected chi connectivity index (χ2v) is 20.2. The Morgan fingerprint density at radius 2 is 1.25 bits per heavy atom. The van der Waals surface area contributed by atoms with Gasteiger partial charge in [0.1, 0.15) is 23.5 Å². The summed E-state index contributed by atoms with van der Waals surface area (Å²) in [6.45, 7) is 27.5. The van der Waals surface area contributed by atoms with E-state index < -0.39 is 18.4 Å². The van der Waals surface area contributed by atoms with Crippen molar-refractivity contribution in [3.05, 3.63) is 131 Å². The van der Waals surface area contributed by atoms with Crippen molar-refractivity contribution in [2.45, 2.75) is 131 Å². The van der Waals surface area contributed by atoms with E-state index in [0.29, 0.717) is 39.4 Å². The third kappa shape index (κ3) is 10.1. The van der Waals surface area contributed by atoms with Crippen LogP contribution in [0.4, 0.5) is 13.2 Å². The number of aromatic hydroxyl groups is 1. The van der Waals surface area contributed by atoms with Gasteiger partial charge in [-0.05, 0) is 85.7 Å². The molecule has 0 saturated carbocycles. The summed E-state index contributed by atoms with van der Waals surface area (Å²) in [5, 5.41) is 12.0. The van der Waals surface area contributed by atoms with Crippen LogP contribution in [0.5, 0.6) is 5.75 Å². The largest absolute Gasteiger partial charge is 0.507 e. The van der Waals surface area contributed by atoms with Crippen LogP contribution in [0.2, 0.25) is 0 Å². The average Bonchev–Trinajstić information content (AvgIpc) is 3.60. The number of phenolic OH excluding ortho intramolecular Hbond substituents is 1. The Bertz CT molecular complexity index is 2890. The smallest absolute Gasteiger partial charge is 0.396 e. The molecule has 4 aromatic carbocycles. The number of rotatable bonds is 8. The SMILES string of the molecule is [2H]C([2H])(c1ncc2c(n1)nc(-c1[c-]c(-c3cc(C(C)(C)C)cc(-c4cc(C(C)(C)C)cc(C(C)(C)C)c4O)n3)ccc1)n2-c1c(C(C)C)cc(-c2ccccc2)cc1C(C)C)C(F)(F)F.[Pt]. The standard InChI is InChI=1S/C54H59F3N5O.Pt/c1-31(2)39-23-36(33-18-15-14-16-19-33)24-40(32(3)4)47(39)62-45-30-58-46(29-54(55,56)57)60-49(45)61-50(62)35-21-17-20-34(22-35)43-27-38(52(8,9)10)28-44(59-43)41-25-37(51(5,6)7)26-42(48(41)63)53(11,12)13;/h14-21,23-28,30-32,63H,29H2,1-13H3;/q-1;/i29D2;. The van der Waals surface area contributed by atoms with Gasteiger partial charge in [0, 0.05) is 46.3 Å². The van der Waals surface area contributed by atoms with E-state index in [9.17, 15) is 18.3 Å². The molecule has 0 saturated heterocycles. The zero-order valence-corrected chi connectivity index (χ0v) is 41.2. The minimum absolute atomic E-state index is 0. The van der Waals surface area contributed by atoms with Crippen molar-refractivity contribution in [2.75, 3.05) is 0 Å². The van der Waals surface area contributed by atoms with Gasteiger partial charge in [0.15, 0.2) is 5.65 Å². The second kappa shape index (κ2) is 17.7. The summed E-state index contributed by atoms with van der Waals surface area (Å²) in [5.74, 6) is -0.531. The number of pyridine rings is 1. The average molecular weight is 1050 g/mol. The second-order valence-electron chi connectivity index (χ2n) is 20.2. The van der Waals surface area contributed by atoms with Crippen LogP contribution in [0.25, 0.3) is 61.9 Å². The maximum absolute atomic E-state index is 14.1. The van der Waals surface area contributed by atoms with Gasteiger partial charge in [-0.15, -0.1) is 24.3 Å². The molecule has 0 bridgehead atoms. The fourth-order valence-corrected chi connectivity index (χ4v) is 7.90. The van der Waals surface area contributed by atoms with Crippen molar-refractivity contribution in [3.63, 3.8) is 0 Å². The molecule has 1 N–H and O–H groups in total. The van der Waals surface area contributed by atoms with Gasteiger partial charge < -0.3 is 9.67 Å². The number of hydrogen-bond donors (Lipinski definition) is 1. The maximum Gasteiger partial charge on any atom is 0.396 e. The summed E-state index contributed by atoms with van der Waals surface area (Å²) in [6, 6.07) is 31.8. The van der Waals surface area contributed by atoms with Crippen LogP contribution in [0, 0.1) is 6.07 Å². The molecule has 0 aliphatic carbocycles. The third-order valence-corrected chi connectivity index (χ3v) is 11.5. The number of aromatic nitrogens is 5. The Kier molecular flexibility index (Phi) is 12.5. The summed E-state index contributed by atoms with van der Waals surface area (Å²) < 4.78 is 60.2. The van der Waals surface area contributed by atoms with E-state index in [1.165, 1.54) is 6.20 Å². The molecule has 6 nitrogen and oxygen atoms in total. The topological polar surface area (TPSA) is 76.7 Å². The number of fused-ring (bicyclic) bond motifs is 1. The van der Waals surface area contributed by atoms with Gasteiger partial charge in [-0.1, -0.05) is 144 Å². The Morgan fingerprint density at radius 1 is 0.672 bits per heavy atom. The quantitative estimate of drug-likeness (QED) is 0.154. The summed E-state index contributed by atoms with van der Waals surface area (Å²) in [5.41, 5.74) is 10.00. The molecule has 7 rings (SSSR count). The molecule has 338 valence electrons. The normalized spacial score (nSPS) is 13.3. The van der Waals surface area contributed by atoms with E-state index in [1.54, 1.807) is 0 Å². The molecule has 0 radical (unpaired) electrons.